The molecule has 0 aromatic heterocycles. The van der Waals surface area contributed by atoms with Crippen LogP contribution in [0.25, 0.3) is 0 Å². The van der Waals surface area contributed by atoms with E-state index in [2.05, 4.69) is 31.6 Å². The van der Waals surface area contributed by atoms with Gasteiger partial charge in [0.05, 0.1) is 31.7 Å². The number of hydrogen-bond donors (Lipinski definition) is 11. The second-order valence-corrected chi connectivity index (χ2v) is 13.8. The molecule has 0 unspecified atom stereocenters. The molecule has 6 atom stereocenters. The van der Waals surface area contributed by atoms with E-state index in [1.807, 2.05) is 27.7 Å². The molecular weight excluding hydrogens is 704 g/mol. The van der Waals surface area contributed by atoms with E-state index in [-0.39, 0.29) is 63.0 Å². The maximum atomic E-state index is 13.9. The topological polar surface area (TPSA) is 337 Å². The Hall–Kier alpha value is -5.14. The number of amides is 5. The first kappa shape index (κ1) is 46.9. The maximum absolute atomic E-state index is 13.9. The number of carbonyl (C=O) groups excluding carboxylic acids is 6. The minimum Gasteiger partial charge on any atom is -0.480 e. The lowest BCUT2D eigenvalue weighted by Gasteiger charge is -2.28. The number of carboxylic acids is 1. The maximum Gasteiger partial charge on any atom is 0.326 e. The smallest absolute Gasteiger partial charge is 0.326 e. The predicted octanol–water partition coefficient (Wildman–Crippen LogP) is -2.88. The summed E-state index contributed by atoms with van der Waals surface area (Å²) >= 11 is 0. The van der Waals surface area contributed by atoms with Gasteiger partial charge in [0.2, 0.25) is 29.5 Å². The molecule has 0 heterocycles. The van der Waals surface area contributed by atoms with Crippen molar-refractivity contribution in [3.05, 3.63) is 35.9 Å². The molecule has 0 bridgehead atoms. The zero-order valence-corrected chi connectivity index (χ0v) is 31.4. The van der Waals surface area contributed by atoms with Crippen LogP contribution in [0.1, 0.15) is 65.4 Å². The van der Waals surface area contributed by atoms with Crippen molar-refractivity contribution in [1.82, 2.24) is 26.6 Å². The van der Waals surface area contributed by atoms with E-state index in [4.69, 9.17) is 22.9 Å². The Morgan fingerprint density at radius 3 is 1.67 bits per heavy atom. The van der Waals surface area contributed by atoms with E-state index in [0.29, 0.717) is 0 Å². The summed E-state index contributed by atoms with van der Waals surface area (Å²) in [5.41, 5.74) is 22.3. The summed E-state index contributed by atoms with van der Waals surface area (Å²) in [7, 11) is 0. The van der Waals surface area contributed by atoms with Crippen LogP contribution >= 0.6 is 0 Å². The minimum absolute atomic E-state index is 0.0485. The molecule has 0 saturated carbocycles. The van der Waals surface area contributed by atoms with Crippen LogP contribution in [0.4, 0.5) is 0 Å². The van der Waals surface area contributed by atoms with Gasteiger partial charge in [-0.1, -0.05) is 58.0 Å². The average molecular weight is 763 g/mol. The van der Waals surface area contributed by atoms with Gasteiger partial charge >= 0.3 is 5.97 Å². The molecule has 0 aliphatic rings. The number of nitrogens with two attached hydrogens (primary N) is 4. The summed E-state index contributed by atoms with van der Waals surface area (Å²) in [5, 5.41) is 31.9. The third-order valence-corrected chi connectivity index (χ3v) is 8.01. The van der Waals surface area contributed by atoms with Crippen LogP contribution in [0.15, 0.2) is 35.3 Å². The normalized spacial score (nSPS) is 14.4. The van der Waals surface area contributed by atoms with Crippen LogP contribution in [-0.2, 0) is 40.0 Å². The zero-order valence-electron chi connectivity index (χ0n) is 31.4. The molecule has 0 aliphatic carbocycles. The second-order valence-electron chi connectivity index (χ2n) is 13.8. The molecular formula is C35H58N10O9. The van der Waals surface area contributed by atoms with Crippen molar-refractivity contribution in [2.24, 2.45) is 39.8 Å². The fourth-order valence-corrected chi connectivity index (χ4v) is 5.23. The average Bonchev–Trinajstić information content (AvgIpc) is 3.09. The molecule has 0 radical (unpaired) electrons. The van der Waals surface area contributed by atoms with Gasteiger partial charge in [-0.25, -0.2) is 4.79 Å². The number of guanidine groups is 1. The van der Waals surface area contributed by atoms with E-state index in [1.54, 1.807) is 30.3 Å². The lowest BCUT2D eigenvalue weighted by molar-refractivity contribution is -0.143. The highest BCUT2D eigenvalue weighted by Crippen LogP contribution is 2.12. The van der Waals surface area contributed by atoms with Crippen molar-refractivity contribution >= 4 is 47.2 Å². The van der Waals surface area contributed by atoms with E-state index < -0.39 is 90.6 Å². The van der Waals surface area contributed by atoms with Gasteiger partial charge < -0.3 is 54.4 Å². The highest BCUT2D eigenvalue weighted by molar-refractivity contribution is 5.96. The van der Waals surface area contributed by atoms with Gasteiger partial charge in [-0.05, 0) is 49.5 Å². The molecule has 302 valence electrons. The van der Waals surface area contributed by atoms with Gasteiger partial charge in [-0.15, -0.1) is 0 Å². The molecule has 5 amide bonds. The number of nitrogens with zero attached hydrogens (tertiary/aromatic N) is 1. The van der Waals surface area contributed by atoms with Gasteiger partial charge in [0.1, 0.15) is 24.2 Å². The Balaban J connectivity index is 3.32. The number of primary amides is 1. The summed E-state index contributed by atoms with van der Waals surface area (Å²) in [5.74, 6) is -6.40. The minimum atomic E-state index is -1.66. The largest absolute Gasteiger partial charge is 0.480 e. The number of nitrogens with one attached hydrogen (secondary N) is 5. The van der Waals surface area contributed by atoms with Gasteiger partial charge in [0.15, 0.2) is 11.7 Å². The quantitative estimate of drug-likeness (QED) is 0.0257. The van der Waals surface area contributed by atoms with Crippen LogP contribution in [0.2, 0.25) is 0 Å². The standard InChI is InChI=1S/C35H58N10O9/c1-19(2)13-25(32(51)42-23(11-8-12-40-35(38)39)30(49)45-27(34(53)54)16-29(37)48)44-33(52)26(14-20(3)4)43-31(50)24(15-21-9-6-5-7-10-21)41-17-28(47)22(36)18-46/h5-7,9-10,19-20,22-27,41,46H,8,11-18,36H2,1-4H3,(H2,37,48)(H,42,51)(H,43,50)(H,44,52)(H,45,49)(H,53,54)(H4,38,39,40)/t22-,23-,24-,25-,26-,27-/m0/s1. The fourth-order valence-electron chi connectivity index (χ4n) is 5.23. The number of aliphatic hydroxyl groups is 1. The Bertz CT molecular complexity index is 1440. The number of carbonyl (C=O) groups is 7. The molecule has 15 N–H and O–H groups in total. The Morgan fingerprint density at radius 2 is 1.20 bits per heavy atom. The first-order valence-electron chi connectivity index (χ1n) is 17.8. The second kappa shape index (κ2) is 24.2. The Kier molecular flexibility index (Phi) is 21.0. The molecule has 19 heteroatoms. The number of aliphatic carboxylic acids is 1. The first-order chi connectivity index (χ1) is 25.3. The zero-order chi connectivity index (χ0) is 41.0. The molecule has 54 heavy (non-hydrogen) atoms. The number of aliphatic imine (C=N–C) groups is 1. The van der Waals surface area contributed by atoms with E-state index in [1.165, 1.54) is 0 Å². The summed E-state index contributed by atoms with van der Waals surface area (Å²) in [6, 6.07) is 1.53. The summed E-state index contributed by atoms with van der Waals surface area (Å²) in [6.07, 6.45) is -0.119. The summed E-state index contributed by atoms with van der Waals surface area (Å²) in [4.78, 5) is 93.9. The van der Waals surface area contributed by atoms with Gasteiger partial charge in [-0.3, -0.25) is 39.1 Å². The van der Waals surface area contributed by atoms with Crippen LogP contribution in [-0.4, -0.2) is 113 Å². The Morgan fingerprint density at radius 1 is 0.722 bits per heavy atom. The molecule has 1 rings (SSSR count). The van der Waals surface area contributed by atoms with Crippen molar-refractivity contribution in [2.75, 3.05) is 19.7 Å². The van der Waals surface area contributed by atoms with Crippen molar-refractivity contribution in [2.45, 2.75) is 102 Å². The van der Waals surface area contributed by atoms with Crippen molar-refractivity contribution < 1.29 is 43.8 Å². The van der Waals surface area contributed by atoms with Gasteiger partial charge in [0.25, 0.3) is 0 Å². The predicted molar refractivity (Wildman–Crippen MR) is 200 cm³/mol. The van der Waals surface area contributed by atoms with Gasteiger partial charge in [-0.2, -0.15) is 0 Å². The first-order valence-corrected chi connectivity index (χ1v) is 17.8. The number of ketones is 1. The molecule has 1 aromatic carbocycles. The SMILES string of the molecule is CC(C)C[C@H](NC(=O)[C@H](Cc1ccccc1)NCC(=O)[C@@H](N)CO)C(=O)N[C@@H](CC(C)C)C(=O)N[C@@H](CCCN=C(N)N)C(=O)N[C@@H](CC(N)=O)C(=O)O. The monoisotopic (exact) mass is 762 g/mol. The summed E-state index contributed by atoms with van der Waals surface area (Å²) in [6.45, 7) is 6.49. The van der Waals surface area contributed by atoms with Crippen LogP contribution in [0.3, 0.4) is 0 Å². The number of aliphatic hydroxyl groups excluding tert-OH is 1. The number of rotatable bonds is 26. The molecule has 19 nitrogen and oxygen atoms in total. The lowest BCUT2D eigenvalue weighted by Crippen LogP contribution is -2.59. The van der Waals surface area contributed by atoms with Crippen molar-refractivity contribution in [1.29, 1.82) is 0 Å². The van der Waals surface area contributed by atoms with E-state index in [9.17, 15) is 43.8 Å². The van der Waals surface area contributed by atoms with Crippen molar-refractivity contribution in [3.8, 4) is 0 Å². The molecule has 1 aromatic rings. The van der Waals surface area contributed by atoms with Crippen LogP contribution < -0.4 is 49.5 Å². The third-order valence-electron chi connectivity index (χ3n) is 8.01. The van der Waals surface area contributed by atoms with E-state index >= 15 is 0 Å². The number of hydrogen-bond acceptors (Lipinski definition) is 11. The van der Waals surface area contributed by atoms with E-state index in [0.717, 1.165) is 5.56 Å². The molecule has 0 aliphatic heterocycles. The highest BCUT2D eigenvalue weighted by atomic mass is 16.4. The number of carboxylic acid groups (broad SMARTS) is 1. The summed E-state index contributed by atoms with van der Waals surface area (Å²) < 4.78 is 0. The van der Waals surface area contributed by atoms with Crippen molar-refractivity contribution in [3.63, 3.8) is 0 Å². The van der Waals surface area contributed by atoms with Crippen LogP contribution in [0.5, 0.6) is 0 Å². The molecule has 0 fully saturated rings. The molecule has 0 saturated heterocycles. The highest BCUT2D eigenvalue weighted by Gasteiger charge is 2.33. The number of Topliss-reactive ketones (excluding diaryl/α,β-unsaturated/α-hetero) is 1. The lowest BCUT2D eigenvalue weighted by atomic mass is 9.98. The fraction of sp³-hybridized carbons (Fsp3) is 0.600. The third kappa shape index (κ3) is 18.6. The Labute approximate surface area is 315 Å². The van der Waals surface area contributed by atoms with Crippen LogP contribution in [0, 0.1) is 11.8 Å². The molecule has 0 spiro atoms. The number of benzene rings is 1. The van der Waals surface area contributed by atoms with Gasteiger partial charge in [0, 0.05) is 6.54 Å².